The van der Waals surface area contributed by atoms with Gasteiger partial charge in [-0.2, -0.15) is 0 Å². The Bertz CT molecular complexity index is 1280. The van der Waals surface area contributed by atoms with Gasteiger partial charge in [-0.25, -0.2) is 19.3 Å². The number of aliphatic hydroxyl groups excluding tert-OH is 1. The van der Waals surface area contributed by atoms with Gasteiger partial charge in [0.1, 0.15) is 23.0 Å². The second-order valence-corrected chi connectivity index (χ2v) is 10.4. The molecule has 0 spiro atoms. The average molecular weight is 506 g/mol. The third-order valence-corrected chi connectivity index (χ3v) is 6.78. The van der Waals surface area contributed by atoms with Crippen molar-refractivity contribution < 1.29 is 24.1 Å². The number of aromatic nitrogens is 4. The van der Waals surface area contributed by atoms with Crippen LogP contribution in [0.2, 0.25) is 5.02 Å². The molecule has 188 valence electrons. The monoisotopic (exact) mass is 505 g/mol. The van der Waals surface area contributed by atoms with Crippen molar-refractivity contribution in [2.45, 2.75) is 83.3 Å². The van der Waals surface area contributed by atoms with E-state index in [-0.39, 0.29) is 40.8 Å². The largest absolute Gasteiger partial charge is 0.386 e. The summed E-state index contributed by atoms with van der Waals surface area (Å²) >= 11 is 6.43. The number of halogens is 2. The van der Waals surface area contributed by atoms with Crippen LogP contribution in [-0.4, -0.2) is 60.4 Å². The highest BCUT2D eigenvalue weighted by Crippen LogP contribution is 2.36. The van der Waals surface area contributed by atoms with Gasteiger partial charge in [0.15, 0.2) is 12.1 Å². The van der Waals surface area contributed by atoms with E-state index in [0.29, 0.717) is 29.0 Å². The van der Waals surface area contributed by atoms with Gasteiger partial charge in [-0.1, -0.05) is 11.6 Å². The Morgan fingerprint density at radius 3 is 2.69 bits per heavy atom. The molecule has 5 rings (SSSR count). The molecule has 3 N–H and O–H groups in total. The van der Waals surface area contributed by atoms with Crippen LogP contribution in [0.25, 0.3) is 22.3 Å². The molecule has 0 aliphatic carbocycles. The molecule has 2 bridgehead atoms. The number of nitrogens with zero attached hydrogens (tertiary/aromatic N) is 4. The molecule has 0 unspecified atom stereocenters. The maximum absolute atomic E-state index is 15.2. The van der Waals surface area contributed by atoms with Crippen LogP contribution in [0.5, 0.6) is 0 Å². The topological polar surface area (TPSA) is 115 Å². The van der Waals surface area contributed by atoms with E-state index in [4.69, 9.17) is 21.1 Å². The molecule has 2 fully saturated rings. The summed E-state index contributed by atoms with van der Waals surface area (Å²) in [7, 11) is 0. The Morgan fingerprint density at radius 1 is 1.26 bits per heavy atom. The first-order chi connectivity index (χ1) is 16.4. The first kappa shape index (κ1) is 24.3. The molecule has 0 saturated carbocycles. The van der Waals surface area contributed by atoms with Gasteiger partial charge in [-0.3, -0.25) is 0 Å². The van der Waals surface area contributed by atoms with E-state index < -0.39 is 23.8 Å². The van der Waals surface area contributed by atoms with Crippen molar-refractivity contribution >= 4 is 28.6 Å². The molecule has 0 amide bonds. The molecule has 2 saturated heterocycles. The van der Waals surface area contributed by atoms with Crippen molar-refractivity contribution in [1.82, 2.24) is 19.5 Å². The van der Waals surface area contributed by atoms with E-state index in [1.54, 1.807) is 19.9 Å². The number of aliphatic hydroxyl groups is 2. The predicted molar refractivity (Wildman–Crippen MR) is 129 cm³/mol. The van der Waals surface area contributed by atoms with Crippen molar-refractivity contribution in [2.24, 2.45) is 0 Å². The number of rotatable bonds is 5. The van der Waals surface area contributed by atoms with Crippen molar-refractivity contribution in [2.75, 3.05) is 5.32 Å². The zero-order chi connectivity index (χ0) is 25.2. The smallest absolute Gasteiger partial charge is 0.223 e. The van der Waals surface area contributed by atoms with Gasteiger partial charge >= 0.3 is 0 Å². The zero-order valence-electron chi connectivity index (χ0n) is 20.2. The van der Waals surface area contributed by atoms with Gasteiger partial charge < -0.3 is 29.6 Å². The van der Waals surface area contributed by atoms with Crippen LogP contribution < -0.4 is 5.32 Å². The normalized spacial score (nSPS) is 26.6. The molecular formula is C24H29ClFN5O4. The third-order valence-electron chi connectivity index (χ3n) is 6.50. The number of hydrogen-bond acceptors (Lipinski definition) is 8. The van der Waals surface area contributed by atoms with Crippen molar-refractivity contribution in [3.05, 3.63) is 35.0 Å². The van der Waals surface area contributed by atoms with Crippen molar-refractivity contribution in [1.29, 1.82) is 0 Å². The Kier molecular flexibility index (Phi) is 6.00. The first-order valence-electron chi connectivity index (χ1n) is 11.7. The summed E-state index contributed by atoms with van der Waals surface area (Å²) in [6.45, 7) is 9.03. The summed E-state index contributed by atoms with van der Waals surface area (Å²) in [4.78, 5) is 13.2. The van der Waals surface area contributed by atoms with Crippen LogP contribution in [-0.2, 0) is 15.1 Å². The number of imidazole rings is 1. The molecule has 2 aliphatic rings. The highest BCUT2D eigenvalue weighted by Gasteiger charge is 2.47. The molecule has 35 heavy (non-hydrogen) atoms. The first-order valence-corrected chi connectivity index (χ1v) is 12.0. The van der Waals surface area contributed by atoms with Gasteiger partial charge in [0.25, 0.3) is 0 Å². The van der Waals surface area contributed by atoms with Crippen LogP contribution in [0.4, 0.5) is 10.3 Å². The summed E-state index contributed by atoms with van der Waals surface area (Å²) in [6, 6.07) is 2.63. The van der Waals surface area contributed by atoms with Crippen LogP contribution in [0.3, 0.4) is 0 Å². The van der Waals surface area contributed by atoms with Gasteiger partial charge in [0.2, 0.25) is 5.95 Å². The fraction of sp³-hybridized carbons (Fsp3) is 0.542. The Hall–Kier alpha value is -2.37. The summed E-state index contributed by atoms with van der Waals surface area (Å²) < 4.78 is 28.4. The number of nitrogens with one attached hydrogen (secondary N) is 1. The fourth-order valence-corrected chi connectivity index (χ4v) is 4.99. The van der Waals surface area contributed by atoms with Crippen LogP contribution in [0.15, 0.2) is 18.3 Å². The standard InChI is InChI=1S/C24H29ClFN5O4/c1-10(2)31-16-7-12(6-14(26)19(16)29-22(31)24(4,5)33)18-13(25)9-27-23(30-18)28-15-8-17-11(3)34-21(35-17)20(15)32/h6-7,9-11,15,17,20-21,32-33H,8H2,1-5H3,(H,27,28,30)/t11-,15-,17+,20+,21-/m1/s1. The molecule has 1 aromatic carbocycles. The molecule has 0 radical (unpaired) electrons. The highest BCUT2D eigenvalue weighted by molar-refractivity contribution is 6.33. The lowest BCUT2D eigenvalue weighted by molar-refractivity contribution is -0.159. The lowest BCUT2D eigenvalue weighted by Crippen LogP contribution is -2.48. The molecular weight excluding hydrogens is 477 g/mol. The summed E-state index contributed by atoms with van der Waals surface area (Å²) in [6.07, 6.45) is 0.117. The van der Waals surface area contributed by atoms with Gasteiger partial charge in [0.05, 0.1) is 40.7 Å². The molecule has 11 heteroatoms. The molecule has 2 aliphatic heterocycles. The number of ether oxygens (including phenoxy) is 2. The van der Waals surface area contributed by atoms with Gasteiger partial charge in [0, 0.05) is 11.6 Å². The minimum absolute atomic E-state index is 0.0795. The van der Waals surface area contributed by atoms with Crippen molar-refractivity contribution in [3.63, 3.8) is 0 Å². The maximum Gasteiger partial charge on any atom is 0.223 e. The summed E-state index contributed by atoms with van der Waals surface area (Å²) in [5.41, 5.74) is 0.210. The van der Waals surface area contributed by atoms with Crippen LogP contribution in [0.1, 0.15) is 52.9 Å². The molecule has 5 atom stereocenters. The molecule has 4 heterocycles. The van der Waals surface area contributed by atoms with E-state index in [0.717, 1.165) is 0 Å². The number of fused-ring (bicyclic) bond motifs is 3. The zero-order valence-corrected chi connectivity index (χ0v) is 20.9. The van der Waals surface area contributed by atoms with Crippen LogP contribution in [0, 0.1) is 5.82 Å². The lowest BCUT2D eigenvalue weighted by Gasteiger charge is -2.32. The second kappa shape index (κ2) is 8.63. The highest BCUT2D eigenvalue weighted by atomic mass is 35.5. The predicted octanol–water partition coefficient (Wildman–Crippen LogP) is 3.77. The van der Waals surface area contributed by atoms with E-state index in [1.165, 1.54) is 12.3 Å². The van der Waals surface area contributed by atoms with E-state index in [2.05, 4.69) is 20.3 Å². The number of hydrogen-bond donors (Lipinski definition) is 3. The SMILES string of the molecule is CC(C)n1c(C(C)(C)O)nc2c(F)cc(-c3nc(N[C@@H]4C[C@@H]5O[C@@H](O[C@@H]5C)[C@H]4O)ncc3Cl)cc21. The second-order valence-electron chi connectivity index (χ2n) is 10.0. The number of benzene rings is 1. The minimum atomic E-state index is -1.26. The summed E-state index contributed by atoms with van der Waals surface area (Å²) in [5.74, 6) is 0.0703. The van der Waals surface area contributed by atoms with Gasteiger partial charge in [-0.05, 0) is 53.2 Å². The maximum atomic E-state index is 15.2. The Morgan fingerprint density at radius 2 is 2.00 bits per heavy atom. The van der Waals surface area contributed by atoms with E-state index >= 15 is 4.39 Å². The Balaban J connectivity index is 1.54. The lowest BCUT2D eigenvalue weighted by atomic mass is 9.99. The quantitative estimate of drug-likeness (QED) is 0.480. The molecule has 9 nitrogen and oxygen atoms in total. The van der Waals surface area contributed by atoms with E-state index in [9.17, 15) is 10.2 Å². The Labute approximate surface area is 207 Å². The van der Waals surface area contributed by atoms with Crippen LogP contribution >= 0.6 is 11.6 Å². The van der Waals surface area contributed by atoms with Gasteiger partial charge in [-0.15, -0.1) is 0 Å². The average Bonchev–Trinajstić information content (AvgIpc) is 3.32. The fourth-order valence-electron chi connectivity index (χ4n) is 4.79. The molecule has 2 aromatic heterocycles. The van der Waals surface area contributed by atoms with E-state index in [1.807, 2.05) is 25.3 Å². The molecule has 3 aromatic rings. The minimum Gasteiger partial charge on any atom is -0.386 e. The summed E-state index contributed by atoms with van der Waals surface area (Å²) in [5, 5.41) is 24.6. The third kappa shape index (κ3) is 4.27. The number of anilines is 1. The van der Waals surface area contributed by atoms with Crippen molar-refractivity contribution in [3.8, 4) is 11.3 Å².